The number of benzene rings is 2. The largest absolute Gasteiger partial charge is 0.352 e. The second-order valence-electron chi connectivity index (χ2n) is 8.34. The van der Waals surface area contributed by atoms with Gasteiger partial charge in [0.2, 0.25) is 21.8 Å². The molecule has 0 bridgehead atoms. The molecular weight excluding hydrogens is 481 g/mol. The topological polar surface area (TPSA) is 86.8 Å². The summed E-state index contributed by atoms with van der Waals surface area (Å²) in [6.07, 6.45) is 1.09. The number of halogens is 2. The highest BCUT2D eigenvalue weighted by Gasteiger charge is 2.27. The number of nitrogens with one attached hydrogen (secondary N) is 1. The Morgan fingerprint density at radius 3 is 2.26 bits per heavy atom. The highest BCUT2D eigenvalue weighted by Crippen LogP contribution is 2.23. The van der Waals surface area contributed by atoms with E-state index in [1.54, 1.807) is 37.3 Å². The van der Waals surface area contributed by atoms with E-state index in [1.165, 1.54) is 23.1 Å². The van der Waals surface area contributed by atoms with E-state index in [9.17, 15) is 22.4 Å². The van der Waals surface area contributed by atoms with E-state index in [-0.39, 0.29) is 49.5 Å². The Kier molecular flexibility index (Phi) is 9.88. The molecule has 2 aromatic carbocycles. The summed E-state index contributed by atoms with van der Waals surface area (Å²) in [7, 11) is -3.77. The van der Waals surface area contributed by atoms with Crippen LogP contribution in [0.15, 0.2) is 48.5 Å². The van der Waals surface area contributed by atoms with E-state index in [0.29, 0.717) is 10.6 Å². The predicted octanol–water partition coefficient (Wildman–Crippen LogP) is 3.97. The number of rotatable bonds is 11. The third kappa shape index (κ3) is 7.70. The first kappa shape index (κ1) is 27.6. The number of amides is 2. The summed E-state index contributed by atoms with van der Waals surface area (Å²) in [5.41, 5.74) is 0.612. The Morgan fingerprint density at radius 1 is 1.06 bits per heavy atom. The van der Waals surface area contributed by atoms with Crippen LogP contribution in [-0.4, -0.2) is 50.0 Å². The van der Waals surface area contributed by atoms with Crippen molar-refractivity contribution in [2.24, 2.45) is 0 Å². The summed E-state index contributed by atoms with van der Waals surface area (Å²) in [4.78, 5) is 27.3. The van der Waals surface area contributed by atoms with Gasteiger partial charge in [0.05, 0.1) is 11.9 Å². The number of nitrogens with zero attached hydrogens (tertiary/aromatic N) is 2. The van der Waals surface area contributed by atoms with Gasteiger partial charge in [0.1, 0.15) is 11.9 Å². The van der Waals surface area contributed by atoms with Crippen LogP contribution in [0.5, 0.6) is 0 Å². The minimum atomic E-state index is -3.77. The fraction of sp³-hybridized carbons (Fsp3) is 0.417. The van der Waals surface area contributed by atoms with Crippen LogP contribution in [0.3, 0.4) is 0 Å². The van der Waals surface area contributed by atoms with Crippen LogP contribution >= 0.6 is 11.6 Å². The van der Waals surface area contributed by atoms with Crippen LogP contribution < -0.4 is 9.62 Å². The molecule has 1 N–H and O–H groups in total. The van der Waals surface area contributed by atoms with Gasteiger partial charge in [0.25, 0.3) is 0 Å². The Labute approximate surface area is 205 Å². The average molecular weight is 512 g/mol. The second kappa shape index (κ2) is 12.2. The number of sulfonamides is 1. The van der Waals surface area contributed by atoms with Crippen molar-refractivity contribution in [3.05, 3.63) is 64.9 Å². The lowest BCUT2D eigenvalue weighted by atomic mass is 10.1. The third-order valence-corrected chi connectivity index (χ3v) is 6.72. The van der Waals surface area contributed by atoms with Crippen molar-refractivity contribution < 1.29 is 22.4 Å². The fourth-order valence-electron chi connectivity index (χ4n) is 3.43. The maximum Gasteiger partial charge on any atom is 0.242 e. The van der Waals surface area contributed by atoms with Crippen molar-refractivity contribution in [1.82, 2.24) is 10.2 Å². The molecule has 34 heavy (non-hydrogen) atoms. The molecule has 0 aliphatic heterocycles. The van der Waals surface area contributed by atoms with E-state index in [1.807, 2.05) is 13.8 Å². The van der Waals surface area contributed by atoms with Gasteiger partial charge in [-0.15, -0.1) is 0 Å². The molecule has 2 rings (SSSR count). The molecule has 0 fully saturated rings. The Morgan fingerprint density at radius 2 is 1.68 bits per heavy atom. The number of carbonyl (C=O) groups is 2. The lowest BCUT2D eigenvalue weighted by Gasteiger charge is -2.30. The van der Waals surface area contributed by atoms with Crippen LogP contribution in [0.1, 0.15) is 39.2 Å². The normalized spacial score (nSPS) is 12.3. The van der Waals surface area contributed by atoms with E-state index >= 15 is 0 Å². The molecule has 0 radical (unpaired) electrons. The van der Waals surface area contributed by atoms with E-state index in [2.05, 4.69) is 5.32 Å². The molecule has 2 aromatic rings. The molecule has 0 aliphatic rings. The molecule has 0 heterocycles. The maximum atomic E-state index is 14.2. The standard InChI is InChI=1S/C24H31ClFN3O4S/c1-17(2)27-24(31)18(3)28(16-19-10-5-6-11-20(19)25)23(30)14-9-15-29(34(4,32)33)22-13-8-7-12-21(22)26/h5-8,10-13,17-18H,9,14-16H2,1-4H3,(H,27,31)/t18-/m1/s1. The molecule has 7 nitrogen and oxygen atoms in total. The quantitative estimate of drug-likeness (QED) is 0.494. The van der Waals surface area contributed by atoms with Crippen molar-refractivity contribution in [1.29, 1.82) is 0 Å². The summed E-state index contributed by atoms with van der Waals surface area (Å²) in [6, 6.07) is 11.7. The highest BCUT2D eigenvalue weighted by molar-refractivity contribution is 7.92. The molecule has 0 unspecified atom stereocenters. The monoisotopic (exact) mass is 511 g/mol. The third-order valence-electron chi connectivity index (χ3n) is 5.17. The number of carbonyl (C=O) groups excluding carboxylic acids is 2. The molecule has 0 aliphatic carbocycles. The van der Waals surface area contributed by atoms with Crippen molar-refractivity contribution in [2.75, 3.05) is 17.1 Å². The van der Waals surface area contributed by atoms with Gasteiger partial charge in [0.15, 0.2) is 0 Å². The second-order valence-corrected chi connectivity index (χ2v) is 10.7. The van der Waals surface area contributed by atoms with E-state index in [4.69, 9.17) is 11.6 Å². The van der Waals surface area contributed by atoms with Crippen LogP contribution in [0, 0.1) is 5.82 Å². The van der Waals surface area contributed by atoms with Gasteiger partial charge in [-0.1, -0.05) is 41.9 Å². The SMILES string of the molecule is CC(C)NC(=O)[C@@H](C)N(Cc1ccccc1Cl)C(=O)CCCN(c1ccccc1F)S(C)(=O)=O. The van der Waals surface area contributed by atoms with Gasteiger partial charge in [0, 0.05) is 30.6 Å². The van der Waals surface area contributed by atoms with Gasteiger partial charge < -0.3 is 10.2 Å². The van der Waals surface area contributed by atoms with Crippen molar-refractivity contribution in [3.63, 3.8) is 0 Å². The highest BCUT2D eigenvalue weighted by atomic mass is 35.5. The molecule has 2 amide bonds. The van der Waals surface area contributed by atoms with Crippen molar-refractivity contribution in [3.8, 4) is 0 Å². The first-order chi connectivity index (χ1) is 15.9. The maximum absolute atomic E-state index is 14.2. The molecule has 0 saturated carbocycles. The lowest BCUT2D eigenvalue weighted by Crippen LogP contribution is -2.49. The zero-order valence-corrected chi connectivity index (χ0v) is 21.4. The molecule has 1 atom stereocenters. The number of hydrogen-bond donors (Lipinski definition) is 1. The van der Waals surface area contributed by atoms with Gasteiger partial charge >= 0.3 is 0 Å². The van der Waals surface area contributed by atoms with Crippen molar-refractivity contribution in [2.45, 2.75) is 52.2 Å². The fourth-order valence-corrected chi connectivity index (χ4v) is 4.60. The van der Waals surface area contributed by atoms with E-state index in [0.717, 1.165) is 10.6 Å². The minimum Gasteiger partial charge on any atom is -0.352 e. The predicted molar refractivity (Wildman–Crippen MR) is 133 cm³/mol. The number of anilines is 1. The molecule has 0 aromatic heterocycles. The minimum absolute atomic E-state index is 0.0375. The lowest BCUT2D eigenvalue weighted by molar-refractivity contribution is -0.140. The zero-order chi connectivity index (χ0) is 25.5. The van der Waals surface area contributed by atoms with Crippen molar-refractivity contribution >= 4 is 39.1 Å². The Bertz CT molecular complexity index is 1110. The summed E-state index contributed by atoms with van der Waals surface area (Å²) in [5, 5.41) is 3.28. The summed E-state index contributed by atoms with van der Waals surface area (Å²) < 4.78 is 39.7. The molecule has 0 spiro atoms. The zero-order valence-electron chi connectivity index (χ0n) is 19.8. The van der Waals surface area contributed by atoms with Crippen LogP contribution in [0.2, 0.25) is 5.02 Å². The first-order valence-corrected chi connectivity index (χ1v) is 13.2. The van der Waals surface area contributed by atoms with Gasteiger partial charge in [-0.3, -0.25) is 13.9 Å². The number of para-hydroxylation sites is 1. The number of hydrogen-bond acceptors (Lipinski definition) is 4. The summed E-state index contributed by atoms with van der Waals surface area (Å²) >= 11 is 6.27. The molecule has 0 saturated heterocycles. The Hall–Kier alpha value is -2.65. The summed E-state index contributed by atoms with van der Waals surface area (Å²) in [6.45, 7) is 5.32. The average Bonchev–Trinajstić information content (AvgIpc) is 2.75. The smallest absolute Gasteiger partial charge is 0.242 e. The van der Waals surface area contributed by atoms with Crippen LogP contribution in [-0.2, 0) is 26.2 Å². The molecular formula is C24H31ClFN3O4S. The molecule has 186 valence electrons. The Balaban J connectivity index is 2.19. The summed E-state index contributed by atoms with van der Waals surface area (Å²) in [5.74, 6) is -1.31. The molecule has 10 heteroatoms. The first-order valence-electron chi connectivity index (χ1n) is 11.0. The van der Waals surface area contributed by atoms with Crippen LogP contribution in [0.4, 0.5) is 10.1 Å². The van der Waals surface area contributed by atoms with Gasteiger partial charge in [-0.25, -0.2) is 12.8 Å². The van der Waals surface area contributed by atoms with E-state index < -0.39 is 21.9 Å². The van der Waals surface area contributed by atoms with Crippen LogP contribution in [0.25, 0.3) is 0 Å². The van der Waals surface area contributed by atoms with Gasteiger partial charge in [-0.2, -0.15) is 0 Å². The van der Waals surface area contributed by atoms with Gasteiger partial charge in [-0.05, 0) is 51.0 Å².